The van der Waals surface area contributed by atoms with Crippen molar-refractivity contribution in [3.05, 3.63) is 66.9 Å². The summed E-state index contributed by atoms with van der Waals surface area (Å²) in [5, 5.41) is 7.28. The van der Waals surface area contributed by atoms with E-state index in [1.54, 1.807) is 0 Å². The van der Waals surface area contributed by atoms with Gasteiger partial charge in [0.1, 0.15) is 0 Å². The van der Waals surface area contributed by atoms with Crippen molar-refractivity contribution >= 4 is 22.5 Å². The summed E-state index contributed by atoms with van der Waals surface area (Å²) in [6.45, 7) is 1.72. The van der Waals surface area contributed by atoms with Gasteiger partial charge in [-0.25, -0.2) is 0 Å². The molecule has 1 atom stereocenters. The van der Waals surface area contributed by atoms with Gasteiger partial charge in [-0.05, 0) is 31.2 Å². The van der Waals surface area contributed by atoms with Gasteiger partial charge in [-0.3, -0.25) is 4.79 Å². The van der Waals surface area contributed by atoms with Crippen LogP contribution in [-0.2, 0) is 4.79 Å². The van der Waals surface area contributed by atoms with E-state index in [1.807, 2.05) is 66.9 Å². The van der Waals surface area contributed by atoms with E-state index in [0.29, 0.717) is 0 Å². The van der Waals surface area contributed by atoms with Crippen molar-refractivity contribution in [3.63, 3.8) is 0 Å². The van der Waals surface area contributed by atoms with Gasteiger partial charge in [0, 0.05) is 23.6 Å². The third-order valence-electron chi connectivity index (χ3n) is 3.95. The van der Waals surface area contributed by atoms with Crippen LogP contribution in [0.5, 0.6) is 0 Å². The number of rotatable bonds is 2. The summed E-state index contributed by atoms with van der Waals surface area (Å²) in [6, 6.07) is 19.9. The molecule has 1 unspecified atom stereocenters. The minimum atomic E-state index is 0.101. The summed E-state index contributed by atoms with van der Waals surface area (Å²) in [7, 11) is 0. The number of anilines is 1. The standard InChI is InChI=1S/C13H15N3O.C6H6/c17-13(9-4-6-14-8-9)16-12-3-1-2-11-10(12)5-7-15-11;1-2-4-6-5-3-1/h1-3,5,7,9,14-15H,4,6,8H2,(H,16,17);1-6H. The fourth-order valence-corrected chi connectivity index (χ4v) is 2.69. The van der Waals surface area contributed by atoms with Crippen molar-refractivity contribution in [2.45, 2.75) is 6.42 Å². The number of nitrogens with one attached hydrogen (secondary N) is 3. The van der Waals surface area contributed by atoms with E-state index in [1.165, 1.54) is 0 Å². The molecule has 1 aromatic heterocycles. The number of carbonyl (C=O) groups is 1. The Hall–Kier alpha value is -2.59. The van der Waals surface area contributed by atoms with Crippen LogP contribution in [0.1, 0.15) is 6.42 Å². The van der Waals surface area contributed by atoms with Gasteiger partial charge in [0.25, 0.3) is 0 Å². The van der Waals surface area contributed by atoms with Crippen LogP contribution >= 0.6 is 0 Å². The molecule has 0 aliphatic carbocycles. The quantitative estimate of drug-likeness (QED) is 0.679. The molecular weight excluding hydrogens is 286 g/mol. The number of H-pyrrole nitrogens is 1. The highest BCUT2D eigenvalue weighted by molar-refractivity contribution is 6.02. The molecular formula is C19H21N3O. The molecule has 1 aliphatic heterocycles. The van der Waals surface area contributed by atoms with Crippen LogP contribution in [0, 0.1) is 5.92 Å². The van der Waals surface area contributed by atoms with Crippen LogP contribution in [-0.4, -0.2) is 24.0 Å². The average Bonchev–Trinajstić information content (AvgIpc) is 3.29. The lowest BCUT2D eigenvalue weighted by molar-refractivity contribution is -0.119. The number of aromatic amines is 1. The molecule has 118 valence electrons. The van der Waals surface area contributed by atoms with Crippen LogP contribution in [0.2, 0.25) is 0 Å². The summed E-state index contributed by atoms with van der Waals surface area (Å²) in [4.78, 5) is 15.2. The van der Waals surface area contributed by atoms with Gasteiger partial charge >= 0.3 is 0 Å². The molecule has 4 rings (SSSR count). The average molecular weight is 307 g/mol. The molecule has 2 aromatic carbocycles. The fourth-order valence-electron chi connectivity index (χ4n) is 2.69. The van der Waals surface area contributed by atoms with Crippen molar-refractivity contribution in [3.8, 4) is 0 Å². The Morgan fingerprint density at radius 1 is 1.00 bits per heavy atom. The van der Waals surface area contributed by atoms with Crippen molar-refractivity contribution in [1.29, 1.82) is 0 Å². The number of carbonyl (C=O) groups excluding carboxylic acids is 1. The summed E-state index contributed by atoms with van der Waals surface area (Å²) < 4.78 is 0. The Morgan fingerprint density at radius 3 is 2.39 bits per heavy atom. The number of hydrogen-bond donors (Lipinski definition) is 3. The minimum absolute atomic E-state index is 0.101. The number of benzene rings is 2. The lowest BCUT2D eigenvalue weighted by Gasteiger charge is -2.10. The predicted molar refractivity (Wildman–Crippen MR) is 94.3 cm³/mol. The van der Waals surface area contributed by atoms with E-state index in [2.05, 4.69) is 15.6 Å². The molecule has 0 spiro atoms. The smallest absolute Gasteiger partial charge is 0.228 e. The summed E-state index contributed by atoms with van der Waals surface area (Å²) >= 11 is 0. The van der Waals surface area contributed by atoms with E-state index < -0.39 is 0 Å². The Kier molecular flexibility index (Phi) is 5.06. The van der Waals surface area contributed by atoms with Gasteiger partial charge in [-0.15, -0.1) is 0 Å². The first-order valence-corrected chi connectivity index (χ1v) is 7.92. The van der Waals surface area contributed by atoms with Gasteiger partial charge in [-0.2, -0.15) is 0 Å². The van der Waals surface area contributed by atoms with Crippen LogP contribution in [0.4, 0.5) is 5.69 Å². The lowest BCUT2D eigenvalue weighted by Crippen LogP contribution is -2.24. The lowest BCUT2D eigenvalue weighted by atomic mass is 10.1. The SMILES string of the molecule is O=C(Nc1cccc2[nH]ccc12)C1CCNC1.c1ccccc1. The van der Waals surface area contributed by atoms with Crippen LogP contribution in [0.3, 0.4) is 0 Å². The second-order valence-corrected chi connectivity index (χ2v) is 5.58. The summed E-state index contributed by atoms with van der Waals surface area (Å²) in [6.07, 6.45) is 2.81. The Labute approximate surface area is 135 Å². The normalized spacial score (nSPS) is 16.6. The van der Waals surface area contributed by atoms with Gasteiger partial charge in [-0.1, -0.05) is 42.5 Å². The molecule has 4 nitrogen and oxygen atoms in total. The first-order chi connectivity index (χ1) is 11.3. The molecule has 1 fully saturated rings. The Bertz CT molecular complexity index is 719. The van der Waals surface area contributed by atoms with Crippen LogP contribution in [0.25, 0.3) is 10.9 Å². The molecule has 3 N–H and O–H groups in total. The van der Waals surface area contributed by atoms with Gasteiger partial charge < -0.3 is 15.6 Å². The second-order valence-electron chi connectivity index (χ2n) is 5.58. The number of fused-ring (bicyclic) bond motifs is 1. The molecule has 1 aliphatic rings. The monoisotopic (exact) mass is 307 g/mol. The highest BCUT2D eigenvalue weighted by Crippen LogP contribution is 2.23. The maximum atomic E-state index is 12.0. The molecule has 4 heteroatoms. The summed E-state index contributed by atoms with van der Waals surface area (Å²) in [5.41, 5.74) is 1.94. The van der Waals surface area contributed by atoms with Crippen LogP contribution in [0.15, 0.2) is 66.9 Å². The van der Waals surface area contributed by atoms with Crippen molar-refractivity contribution in [1.82, 2.24) is 10.3 Å². The zero-order chi connectivity index (χ0) is 15.9. The maximum Gasteiger partial charge on any atom is 0.228 e. The van der Waals surface area contributed by atoms with Crippen molar-refractivity contribution < 1.29 is 4.79 Å². The molecule has 0 saturated carbocycles. The van der Waals surface area contributed by atoms with E-state index in [4.69, 9.17) is 0 Å². The molecule has 3 aromatic rings. The molecule has 23 heavy (non-hydrogen) atoms. The molecule has 2 heterocycles. The molecule has 0 bridgehead atoms. The number of aromatic nitrogens is 1. The minimum Gasteiger partial charge on any atom is -0.361 e. The van der Waals surface area contributed by atoms with E-state index >= 15 is 0 Å². The first-order valence-electron chi connectivity index (χ1n) is 7.92. The summed E-state index contributed by atoms with van der Waals surface area (Å²) in [5.74, 6) is 0.216. The van der Waals surface area contributed by atoms with Crippen molar-refractivity contribution in [2.24, 2.45) is 5.92 Å². The number of hydrogen-bond acceptors (Lipinski definition) is 2. The van der Waals surface area contributed by atoms with Gasteiger partial charge in [0.2, 0.25) is 5.91 Å². The molecule has 1 amide bonds. The maximum absolute atomic E-state index is 12.0. The van der Waals surface area contributed by atoms with E-state index in [-0.39, 0.29) is 11.8 Å². The molecule has 0 radical (unpaired) electrons. The van der Waals surface area contributed by atoms with E-state index in [0.717, 1.165) is 36.1 Å². The number of amides is 1. The third kappa shape index (κ3) is 3.99. The van der Waals surface area contributed by atoms with Crippen molar-refractivity contribution in [2.75, 3.05) is 18.4 Å². The highest BCUT2D eigenvalue weighted by Gasteiger charge is 2.22. The predicted octanol–water partition coefficient (Wildman–Crippen LogP) is 3.40. The Balaban J connectivity index is 0.000000220. The zero-order valence-corrected chi connectivity index (χ0v) is 13.0. The topological polar surface area (TPSA) is 56.9 Å². The second kappa shape index (κ2) is 7.61. The highest BCUT2D eigenvalue weighted by atomic mass is 16.1. The largest absolute Gasteiger partial charge is 0.361 e. The van der Waals surface area contributed by atoms with E-state index in [9.17, 15) is 4.79 Å². The molecule has 1 saturated heterocycles. The van der Waals surface area contributed by atoms with Gasteiger partial charge in [0.05, 0.1) is 11.6 Å². The fraction of sp³-hybridized carbons (Fsp3) is 0.211. The van der Waals surface area contributed by atoms with Crippen LogP contribution < -0.4 is 10.6 Å². The zero-order valence-electron chi connectivity index (χ0n) is 13.0. The first kappa shape index (κ1) is 15.3. The third-order valence-corrected chi connectivity index (χ3v) is 3.95. The Morgan fingerprint density at radius 2 is 1.74 bits per heavy atom. The van der Waals surface area contributed by atoms with Gasteiger partial charge in [0.15, 0.2) is 0 Å².